The van der Waals surface area contributed by atoms with Gasteiger partial charge in [0, 0.05) is 19.5 Å². The molecule has 80 valence electrons. The van der Waals surface area contributed by atoms with Gasteiger partial charge in [0.05, 0.1) is 5.69 Å². The number of aromatic nitrogens is 2. The van der Waals surface area contributed by atoms with Crippen LogP contribution in [0.25, 0.3) is 0 Å². The molecular weight excluding hydrogens is 190 g/mol. The number of nitrogen functional groups attached to an aromatic ring is 1. The SMILES string of the molecule is Cn1nc(C2CCCNC2)c(C#N)c1N. The molecule has 15 heavy (non-hydrogen) atoms. The van der Waals surface area contributed by atoms with E-state index in [9.17, 15) is 0 Å². The third-order valence-corrected chi connectivity index (χ3v) is 2.91. The summed E-state index contributed by atoms with van der Waals surface area (Å²) in [6.45, 7) is 1.95. The highest BCUT2D eigenvalue weighted by Gasteiger charge is 2.23. The van der Waals surface area contributed by atoms with Gasteiger partial charge in [-0.05, 0) is 19.4 Å². The highest BCUT2D eigenvalue weighted by atomic mass is 15.3. The molecule has 5 nitrogen and oxygen atoms in total. The quantitative estimate of drug-likeness (QED) is 0.693. The summed E-state index contributed by atoms with van der Waals surface area (Å²) in [7, 11) is 1.77. The van der Waals surface area contributed by atoms with Crippen LogP contribution in [0.2, 0.25) is 0 Å². The molecule has 1 fully saturated rings. The van der Waals surface area contributed by atoms with Crippen molar-refractivity contribution < 1.29 is 0 Å². The normalized spacial score (nSPS) is 21.2. The van der Waals surface area contributed by atoms with E-state index < -0.39 is 0 Å². The second-order valence-corrected chi connectivity index (χ2v) is 3.92. The van der Waals surface area contributed by atoms with Crippen LogP contribution < -0.4 is 11.1 Å². The van der Waals surface area contributed by atoms with Gasteiger partial charge in [0.1, 0.15) is 17.5 Å². The average molecular weight is 205 g/mol. The van der Waals surface area contributed by atoms with Crippen LogP contribution >= 0.6 is 0 Å². The molecule has 1 aromatic heterocycles. The van der Waals surface area contributed by atoms with E-state index in [2.05, 4.69) is 16.5 Å². The summed E-state index contributed by atoms with van der Waals surface area (Å²) >= 11 is 0. The van der Waals surface area contributed by atoms with Crippen LogP contribution in [0.1, 0.15) is 30.0 Å². The number of nitrogens with one attached hydrogen (secondary N) is 1. The lowest BCUT2D eigenvalue weighted by molar-refractivity contribution is 0.451. The third-order valence-electron chi connectivity index (χ3n) is 2.91. The van der Waals surface area contributed by atoms with E-state index in [1.165, 1.54) is 0 Å². The molecule has 1 aliphatic heterocycles. The van der Waals surface area contributed by atoms with E-state index in [0.717, 1.165) is 31.6 Å². The molecule has 0 aromatic carbocycles. The molecule has 1 unspecified atom stereocenters. The fraction of sp³-hybridized carbons (Fsp3) is 0.600. The molecule has 1 atom stereocenters. The Morgan fingerprint density at radius 3 is 3.07 bits per heavy atom. The molecular formula is C10H15N5. The Hall–Kier alpha value is -1.54. The first-order valence-corrected chi connectivity index (χ1v) is 5.17. The third kappa shape index (κ3) is 1.68. The van der Waals surface area contributed by atoms with Gasteiger partial charge < -0.3 is 11.1 Å². The zero-order valence-corrected chi connectivity index (χ0v) is 8.82. The fourth-order valence-corrected chi connectivity index (χ4v) is 2.04. The maximum atomic E-state index is 9.04. The topological polar surface area (TPSA) is 79.7 Å². The fourth-order valence-electron chi connectivity index (χ4n) is 2.04. The summed E-state index contributed by atoms with van der Waals surface area (Å²) in [5.74, 6) is 0.801. The minimum atomic E-state index is 0.330. The largest absolute Gasteiger partial charge is 0.383 e. The molecule has 1 aliphatic rings. The summed E-state index contributed by atoms with van der Waals surface area (Å²) < 4.78 is 1.59. The van der Waals surface area contributed by atoms with Crippen LogP contribution in [0.15, 0.2) is 0 Å². The molecule has 5 heteroatoms. The Kier molecular flexibility index (Phi) is 2.60. The van der Waals surface area contributed by atoms with Crippen LogP contribution in [0.5, 0.6) is 0 Å². The Morgan fingerprint density at radius 2 is 2.47 bits per heavy atom. The summed E-state index contributed by atoms with van der Waals surface area (Å²) in [6.07, 6.45) is 2.21. The number of nitrogens with zero attached hydrogens (tertiary/aromatic N) is 3. The Bertz CT molecular complexity index is 395. The summed E-state index contributed by atoms with van der Waals surface area (Å²) in [5, 5.41) is 16.7. The van der Waals surface area contributed by atoms with Gasteiger partial charge in [-0.1, -0.05) is 0 Å². The van der Waals surface area contributed by atoms with Crippen molar-refractivity contribution in [1.29, 1.82) is 5.26 Å². The van der Waals surface area contributed by atoms with Gasteiger partial charge in [0.25, 0.3) is 0 Å². The second-order valence-electron chi connectivity index (χ2n) is 3.92. The Labute approximate surface area is 88.9 Å². The van der Waals surface area contributed by atoms with Gasteiger partial charge in [0.2, 0.25) is 0 Å². The first kappa shape index (κ1) is 9.99. The van der Waals surface area contributed by atoms with Crippen molar-refractivity contribution in [2.24, 2.45) is 7.05 Å². The highest BCUT2D eigenvalue weighted by molar-refractivity contribution is 5.53. The standard InChI is InChI=1S/C10H15N5/c1-15-10(12)8(5-11)9(14-15)7-3-2-4-13-6-7/h7,13H,2-4,6,12H2,1H3. The molecule has 1 aromatic rings. The molecule has 2 heterocycles. The van der Waals surface area contributed by atoms with E-state index >= 15 is 0 Å². The summed E-state index contributed by atoms with van der Waals surface area (Å²) in [6, 6.07) is 2.15. The van der Waals surface area contributed by atoms with Crippen LogP contribution in [0, 0.1) is 11.3 Å². The molecule has 0 spiro atoms. The van der Waals surface area contributed by atoms with Gasteiger partial charge in [-0.15, -0.1) is 0 Å². The van der Waals surface area contributed by atoms with Crippen molar-refractivity contribution in [2.45, 2.75) is 18.8 Å². The van der Waals surface area contributed by atoms with E-state index in [0.29, 0.717) is 17.3 Å². The number of anilines is 1. The lowest BCUT2D eigenvalue weighted by Gasteiger charge is -2.21. The first-order valence-electron chi connectivity index (χ1n) is 5.17. The van der Waals surface area contributed by atoms with Gasteiger partial charge in [0.15, 0.2) is 0 Å². The van der Waals surface area contributed by atoms with Crippen molar-refractivity contribution >= 4 is 5.82 Å². The lowest BCUT2D eigenvalue weighted by atomic mass is 9.94. The summed E-state index contributed by atoms with van der Waals surface area (Å²) in [5.41, 5.74) is 7.18. The van der Waals surface area contributed by atoms with E-state index in [1.54, 1.807) is 11.7 Å². The molecule has 0 radical (unpaired) electrons. The molecule has 2 rings (SSSR count). The zero-order valence-electron chi connectivity index (χ0n) is 8.82. The van der Waals surface area contributed by atoms with Gasteiger partial charge in [-0.25, -0.2) is 0 Å². The number of hydrogen-bond acceptors (Lipinski definition) is 4. The van der Waals surface area contributed by atoms with E-state index in [-0.39, 0.29) is 0 Å². The number of aryl methyl sites for hydroxylation is 1. The smallest absolute Gasteiger partial charge is 0.139 e. The number of rotatable bonds is 1. The Balaban J connectivity index is 2.35. The predicted molar refractivity (Wildman–Crippen MR) is 57.2 cm³/mol. The second kappa shape index (κ2) is 3.91. The van der Waals surface area contributed by atoms with Crippen LogP contribution in [-0.4, -0.2) is 22.9 Å². The van der Waals surface area contributed by atoms with Gasteiger partial charge in [-0.3, -0.25) is 4.68 Å². The maximum absolute atomic E-state index is 9.04. The minimum absolute atomic E-state index is 0.330. The molecule has 3 N–H and O–H groups in total. The monoisotopic (exact) mass is 205 g/mol. The van der Waals surface area contributed by atoms with Crippen molar-refractivity contribution in [3.8, 4) is 6.07 Å². The van der Waals surface area contributed by atoms with Crippen LogP contribution in [-0.2, 0) is 7.05 Å². The van der Waals surface area contributed by atoms with Crippen molar-refractivity contribution in [1.82, 2.24) is 15.1 Å². The number of nitriles is 1. The molecule has 0 saturated carbocycles. The molecule has 0 bridgehead atoms. The zero-order chi connectivity index (χ0) is 10.8. The minimum Gasteiger partial charge on any atom is -0.383 e. The van der Waals surface area contributed by atoms with Gasteiger partial charge >= 0.3 is 0 Å². The maximum Gasteiger partial charge on any atom is 0.139 e. The van der Waals surface area contributed by atoms with Crippen molar-refractivity contribution in [3.63, 3.8) is 0 Å². The van der Waals surface area contributed by atoms with Gasteiger partial charge in [-0.2, -0.15) is 10.4 Å². The van der Waals surface area contributed by atoms with Crippen LogP contribution in [0.4, 0.5) is 5.82 Å². The number of nitrogens with two attached hydrogens (primary N) is 1. The molecule has 0 amide bonds. The molecule has 0 aliphatic carbocycles. The first-order chi connectivity index (χ1) is 7.24. The Morgan fingerprint density at radius 1 is 1.67 bits per heavy atom. The average Bonchev–Trinajstić information content (AvgIpc) is 2.56. The van der Waals surface area contributed by atoms with E-state index in [1.807, 2.05) is 0 Å². The summed E-state index contributed by atoms with van der Waals surface area (Å²) in [4.78, 5) is 0. The lowest BCUT2D eigenvalue weighted by Crippen LogP contribution is -2.29. The molecule has 1 saturated heterocycles. The number of piperidine rings is 1. The van der Waals surface area contributed by atoms with Crippen molar-refractivity contribution in [3.05, 3.63) is 11.3 Å². The van der Waals surface area contributed by atoms with E-state index in [4.69, 9.17) is 11.0 Å². The van der Waals surface area contributed by atoms with Crippen molar-refractivity contribution in [2.75, 3.05) is 18.8 Å². The predicted octanol–water partition coefficient (Wildman–Crippen LogP) is 0.341. The number of hydrogen-bond donors (Lipinski definition) is 2. The van der Waals surface area contributed by atoms with Crippen LogP contribution in [0.3, 0.4) is 0 Å². The highest BCUT2D eigenvalue weighted by Crippen LogP contribution is 2.27.